The summed E-state index contributed by atoms with van der Waals surface area (Å²) in [6, 6.07) is 7.72. The highest BCUT2D eigenvalue weighted by Crippen LogP contribution is 2.24. The molecular formula is C14H17NO2. The third-order valence-corrected chi connectivity index (χ3v) is 3.09. The van der Waals surface area contributed by atoms with Gasteiger partial charge in [-0.25, -0.2) is 0 Å². The third kappa shape index (κ3) is 2.67. The Morgan fingerprint density at radius 3 is 2.53 bits per heavy atom. The van der Waals surface area contributed by atoms with Gasteiger partial charge in [0, 0.05) is 23.4 Å². The lowest BCUT2D eigenvalue weighted by Crippen LogP contribution is -2.14. The average Bonchev–Trinajstić information content (AvgIpc) is 2.36. The van der Waals surface area contributed by atoms with Gasteiger partial charge in [-0.1, -0.05) is 0 Å². The van der Waals surface area contributed by atoms with Crippen LogP contribution in [0.1, 0.15) is 26.2 Å². The number of allylic oxidation sites excluding steroid dienone is 2. The van der Waals surface area contributed by atoms with Crippen molar-refractivity contribution in [2.24, 2.45) is 0 Å². The van der Waals surface area contributed by atoms with Crippen LogP contribution in [0.4, 0.5) is 5.69 Å². The molecule has 17 heavy (non-hydrogen) atoms. The lowest BCUT2D eigenvalue weighted by Gasteiger charge is -2.18. The smallest absolute Gasteiger partial charge is 0.160 e. The molecule has 0 spiro atoms. The maximum Gasteiger partial charge on any atom is 0.160 e. The number of carbonyl (C=O) groups excluding carboxylic acids is 1. The summed E-state index contributed by atoms with van der Waals surface area (Å²) in [7, 11) is 1.65. The number of ether oxygens (including phenoxy) is 1. The third-order valence-electron chi connectivity index (χ3n) is 3.09. The van der Waals surface area contributed by atoms with Crippen molar-refractivity contribution >= 4 is 11.5 Å². The number of Topliss-reactive ketones (excluding diaryl/α,β-unsaturated/α-hetero) is 1. The first-order valence-corrected chi connectivity index (χ1v) is 5.84. The summed E-state index contributed by atoms with van der Waals surface area (Å²) < 4.78 is 5.10. The fourth-order valence-electron chi connectivity index (χ4n) is 1.97. The van der Waals surface area contributed by atoms with Gasteiger partial charge in [-0.05, 0) is 44.0 Å². The molecule has 3 nitrogen and oxygen atoms in total. The van der Waals surface area contributed by atoms with E-state index in [0.717, 1.165) is 35.5 Å². The minimum Gasteiger partial charge on any atom is -0.497 e. The first-order valence-electron chi connectivity index (χ1n) is 5.84. The number of anilines is 1. The fourth-order valence-corrected chi connectivity index (χ4v) is 1.97. The topological polar surface area (TPSA) is 38.3 Å². The fraction of sp³-hybridized carbons (Fsp3) is 0.357. The Hall–Kier alpha value is -1.77. The molecule has 0 saturated heterocycles. The van der Waals surface area contributed by atoms with E-state index in [-0.39, 0.29) is 5.78 Å². The monoisotopic (exact) mass is 231 g/mol. The molecule has 1 aromatic carbocycles. The largest absolute Gasteiger partial charge is 0.497 e. The highest BCUT2D eigenvalue weighted by Gasteiger charge is 2.16. The standard InChI is InChI=1S/C14H17NO2/c1-10-13(4-3-5-14(10)16)15-11-6-8-12(17-2)9-7-11/h6-9,15H,3-5H2,1-2H3. The Morgan fingerprint density at radius 2 is 1.88 bits per heavy atom. The maximum atomic E-state index is 11.6. The molecule has 3 heteroatoms. The Balaban J connectivity index is 2.14. The first kappa shape index (κ1) is 11.7. The van der Waals surface area contributed by atoms with Crippen molar-refractivity contribution in [3.8, 4) is 5.75 Å². The summed E-state index contributed by atoms with van der Waals surface area (Å²) in [5.41, 5.74) is 2.91. The van der Waals surface area contributed by atoms with Crippen LogP contribution in [0.2, 0.25) is 0 Å². The van der Waals surface area contributed by atoms with Gasteiger partial charge >= 0.3 is 0 Å². The van der Waals surface area contributed by atoms with E-state index in [2.05, 4.69) is 5.32 Å². The number of carbonyl (C=O) groups is 1. The molecule has 0 amide bonds. The van der Waals surface area contributed by atoms with Crippen molar-refractivity contribution in [3.63, 3.8) is 0 Å². The molecule has 0 fully saturated rings. The van der Waals surface area contributed by atoms with Crippen LogP contribution in [0.5, 0.6) is 5.75 Å². The number of ketones is 1. The molecule has 0 unspecified atom stereocenters. The Kier molecular flexibility index (Phi) is 3.47. The van der Waals surface area contributed by atoms with Crippen molar-refractivity contribution in [3.05, 3.63) is 35.5 Å². The quantitative estimate of drug-likeness (QED) is 0.868. The molecule has 1 N–H and O–H groups in total. The lowest BCUT2D eigenvalue weighted by molar-refractivity contribution is -0.116. The molecule has 2 rings (SSSR count). The van der Waals surface area contributed by atoms with E-state index >= 15 is 0 Å². The number of benzene rings is 1. The highest BCUT2D eigenvalue weighted by molar-refractivity contribution is 5.96. The number of hydrogen-bond acceptors (Lipinski definition) is 3. The SMILES string of the molecule is COc1ccc(NC2=C(C)C(=O)CCC2)cc1. The van der Waals surface area contributed by atoms with Crippen LogP contribution in [0, 0.1) is 0 Å². The van der Waals surface area contributed by atoms with Crippen LogP contribution in [-0.4, -0.2) is 12.9 Å². The van der Waals surface area contributed by atoms with Crippen LogP contribution >= 0.6 is 0 Å². The second kappa shape index (κ2) is 5.04. The molecular weight excluding hydrogens is 214 g/mol. The molecule has 0 saturated carbocycles. The Bertz CT molecular complexity index is 446. The molecule has 1 aliphatic rings. The van der Waals surface area contributed by atoms with Crippen molar-refractivity contribution < 1.29 is 9.53 Å². The molecule has 0 aliphatic heterocycles. The Labute approximate surface area is 101 Å². The molecule has 0 radical (unpaired) electrons. The van der Waals surface area contributed by atoms with Crippen LogP contribution in [0.15, 0.2) is 35.5 Å². The molecule has 0 aromatic heterocycles. The summed E-state index contributed by atoms with van der Waals surface area (Å²) >= 11 is 0. The first-order chi connectivity index (χ1) is 8.20. The Morgan fingerprint density at radius 1 is 1.18 bits per heavy atom. The number of methoxy groups -OCH3 is 1. The zero-order valence-corrected chi connectivity index (χ0v) is 10.2. The number of nitrogens with one attached hydrogen (secondary N) is 1. The predicted molar refractivity (Wildman–Crippen MR) is 68.2 cm³/mol. The van der Waals surface area contributed by atoms with Crippen LogP contribution in [0.25, 0.3) is 0 Å². The number of rotatable bonds is 3. The van der Waals surface area contributed by atoms with Gasteiger partial charge in [-0.2, -0.15) is 0 Å². The maximum absolute atomic E-state index is 11.6. The van der Waals surface area contributed by atoms with Gasteiger partial charge in [-0.15, -0.1) is 0 Å². The summed E-state index contributed by atoms with van der Waals surface area (Å²) in [5, 5.41) is 3.32. The second-order valence-corrected chi connectivity index (χ2v) is 4.23. The molecule has 0 heterocycles. The molecule has 0 atom stereocenters. The summed E-state index contributed by atoms with van der Waals surface area (Å²) in [6.07, 6.45) is 2.57. The van der Waals surface area contributed by atoms with Crippen LogP contribution in [-0.2, 0) is 4.79 Å². The van der Waals surface area contributed by atoms with Crippen molar-refractivity contribution in [1.82, 2.24) is 0 Å². The van der Waals surface area contributed by atoms with Crippen LogP contribution < -0.4 is 10.1 Å². The molecule has 0 bridgehead atoms. The zero-order valence-electron chi connectivity index (χ0n) is 10.2. The average molecular weight is 231 g/mol. The molecule has 1 aliphatic carbocycles. The van der Waals surface area contributed by atoms with Crippen LogP contribution in [0.3, 0.4) is 0 Å². The predicted octanol–water partition coefficient (Wildman–Crippen LogP) is 3.13. The van der Waals surface area contributed by atoms with E-state index in [1.807, 2.05) is 31.2 Å². The number of hydrogen-bond donors (Lipinski definition) is 1. The highest BCUT2D eigenvalue weighted by atomic mass is 16.5. The normalized spacial score (nSPS) is 16.0. The van der Waals surface area contributed by atoms with Crippen molar-refractivity contribution in [2.75, 3.05) is 12.4 Å². The van der Waals surface area contributed by atoms with E-state index in [9.17, 15) is 4.79 Å². The van der Waals surface area contributed by atoms with E-state index in [4.69, 9.17) is 4.74 Å². The van der Waals surface area contributed by atoms with Crippen molar-refractivity contribution in [1.29, 1.82) is 0 Å². The van der Waals surface area contributed by atoms with E-state index in [1.54, 1.807) is 7.11 Å². The van der Waals surface area contributed by atoms with Gasteiger partial charge in [-0.3, -0.25) is 4.79 Å². The second-order valence-electron chi connectivity index (χ2n) is 4.23. The minimum absolute atomic E-state index is 0.257. The molecule has 90 valence electrons. The van der Waals surface area contributed by atoms with Gasteiger partial charge in [0.25, 0.3) is 0 Å². The van der Waals surface area contributed by atoms with E-state index in [1.165, 1.54) is 0 Å². The lowest BCUT2D eigenvalue weighted by atomic mass is 9.96. The summed E-state index contributed by atoms with van der Waals surface area (Å²) in [5.74, 6) is 1.09. The summed E-state index contributed by atoms with van der Waals surface area (Å²) in [4.78, 5) is 11.6. The zero-order chi connectivity index (χ0) is 12.3. The van der Waals surface area contributed by atoms with E-state index < -0.39 is 0 Å². The van der Waals surface area contributed by atoms with Gasteiger partial charge in [0.05, 0.1) is 7.11 Å². The van der Waals surface area contributed by atoms with Gasteiger partial charge in [0.15, 0.2) is 5.78 Å². The minimum atomic E-state index is 0.257. The van der Waals surface area contributed by atoms with Gasteiger partial charge in [0.1, 0.15) is 5.75 Å². The van der Waals surface area contributed by atoms with Crippen molar-refractivity contribution in [2.45, 2.75) is 26.2 Å². The van der Waals surface area contributed by atoms with Gasteiger partial charge < -0.3 is 10.1 Å². The molecule has 1 aromatic rings. The van der Waals surface area contributed by atoms with E-state index in [0.29, 0.717) is 6.42 Å². The summed E-state index contributed by atoms with van der Waals surface area (Å²) in [6.45, 7) is 1.90. The van der Waals surface area contributed by atoms with Gasteiger partial charge in [0.2, 0.25) is 0 Å².